The minimum Gasteiger partial charge on any atom is -0.373 e. The SMILES string of the molecule is CNC(=N)c1ccc2c(=O)n(-c3ccc(NC(=O)NS(=O)(=O)c4ccc(Cl)s4)cn3)cnc2c1. The molecule has 0 atom stereocenters. The van der Waals surface area contributed by atoms with Crippen LogP contribution in [-0.2, 0) is 10.0 Å². The van der Waals surface area contributed by atoms with Gasteiger partial charge in [0.2, 0.25) is 0 Å². The van der Waals surface area contributed by atoms with Crippen molar-refractivity contribution >= 4 is 61.4 Å². The number of halogens is 1. The first-order valence-electron chi connectivity index (χ1n) is 9.51. The lowest BCUT2D eigenvalue weighted by Gasteiger charge is -2.09. The summed E-state index contributed by atoms with van der Waals surface area (Å²) in [4.78, 5) is 33.5. The summed E-state index contributed by atoms with van der Waals surface area (Å²) in [7, 11) is -2.44. The molecule has 4 aromatic rings. The van der Waals surface area contributed by atoms with Crippen LogP contribution < -0.4 is 20.9 Å². The number of benzene rings is 1. The summed E-state index contributed by atoms with van der Waals surface area (Å²) in [5, 5.41) is 13.3. The number of thiophene rings is 1. The van der Waals surface area contributed by atoms with E-state index in [2.05, 4.69) is 20.6 Å². The number of nitrogens with zero attached hydrogens (tertiary/aromatic N) is 3. The van der Waals surface area contributed by atoms with Crippen LogP contribution in [0.15, 0.2) is 64.0 Å². The van der Waals surface area contributed by atoms with E-state index in [0.717, 1.165) is 11.3 Å². The maximum Gasteiger partial charge on any atom is 0.333 e. The molecule has 0 aliphatic carbocycles. The van der Waals surface area contributed by atoms with Crippen LogP contribution in [0.3, 0.4) is 0 Å². The zero-order valence-corrected chi connectivity index (χ0v) is 19.8. The second-order valence-electron chi connectivity index (χ2n) is 6.80. The lowest BCUT2D eigenvalue weighted by Crippen LogP contribution is -2.34. The maximum atomic E-state index is 12.9. The Morgan fingerprint density at radius 2 is 1.94 bits per heavy atom. The van der Waals surface area contributed by atoms with Gasteiger partial charge in [-0.15, -0.1) is 11.3 Å². The van der Waals surface area contributed by atoms with Gasteiger partial charge in [-0.2, -0.15) is 0 Å². The topological polar surface area (TPSA) is 159 Å². The molecule has 11 nitrogen and oxygen atoms in total. The fourth-order valence-electron chi connectivity index (χ4n) is 2.96. The van der Waals surface area contributed by atoms with E-state index in [9.17, 15) is 18.0 Å². The van der Waals surface area contributed by atoms with Gasteiger partial charge in [-0.25, -0.2) is 27.9 Å². The van der Waals surface area contributed by atoms with Crippen molar-refractivity contribution in [3.63, 3.8) is 0 Å². The van der Waals surface area contributed by atoms with Crippen LogP contribution in [0.4, 0.5) is 10.5 Å². The number of hydrogen-bond acceptors (Lipinski definition) is 8. The third kappa shape index (κ3) is 4.76. The average molecular weight is 518 g/mol. The monoisotopic (exact) mass is 517 g/mol. The Bertz CT molecular complexity index is 1580. The summed E-state index contributed by atoms with van der Waals surface area (Å²) in [6, 6.07) is 9.53. The number of aromatic nitrogens is 3. The zero-order chi connectivity index (χ0) is 24.5. The van der Waals surface area contributed by atoms with E-state index in [1.54, 1.807) is 25.2 Å². The number of hydrogen-bond donors (Lipinski definition) is 4. The molecule has 4 rings (SSSR count). The van der Waals surface area contributed by atoms with Crippen molar-refractivity contribution in [2.24, 2.45) is 0 Å². The zero-order valence-electron chi connectivity index (χ0n) is 17.4. The highest BCUT2D eigenvalue weighted by atomic mass is 35.5. The van der Waals surface area contributed by atoms with Gasteiger partial charge in [0.15, 0.2) is 0 Å². The number of sulfonamides is 1. The molecule has 0 bridgehead atoms. The van der Waals surface area contributed by atoms with Crippen LogP contribution >= 0.6 is 22.9 Å². The number of urea groups is 1. The minimum absolute atomic E-state index is 0.0979. The Morgan fingerprint density at radius 3 is 2.59 bits per heavy atom. The number of nitrogens with one attached hydrogen (secondary N) is 4. The summed E-state index contributed by atoms with van der Waals surface area (Å²) < 4.78 is 27.7. The van der Waals surface area contributed by atoms with Crippen molar-refractivity contribution in [1.82, 2.24) is 24.6 Å². The molecule has 4 N–H and O–H groups in total. The van der Waals surface area contributed by atoms with Crippen LogP contribution in [0.2, 0.25) is 4.34 Å². The van der Waals surface area contributed by atoms with Gasteiger partial charge >= 0.3 is 6.03 Å². The number of amidine groups is 1. The molecule has 0 fully saturated rings. The van der Waals surface area contributed by atoms with E-state index < -0.39 is 16.1 Å². The van der Waals surface area contributed by atoms with Gasteiger partial charge in [0.1, 0.15) is 22.2 Å². The number of amides is 2. The second-order valence-corrected chi connectivity index (χ2v) is 10.4. The van der Waals surface area contributed by atoms with Crippen molar-refractivity contribution in [3.8, 4) is 5.82 Å². The van der Waals surface area contributed by atoms with E-state index in [1.165, 1.54) is 41.4 Å². The molecule has 0 aliphatic heterocycles. The van der Waals surface area contributed by atoms with Crippen molar-refractivity contribution in [1.29, 1.82) is 5.41 Å². The number of pyridine rings is 1. The number of carbonyl (C=O) groups is 1. The molecular formula is C20H16ClN7O4S2. The van der Waals surface area contributed by atoms with Crippen LogP contribution in [0, 0.1) is 5.41 Å². The molecule has 0 radical (unpaired) electrons. The molecule has 0 unspecified atom stereocenters. The number of rotatable bonds is 5. The minimum atomic E-state index is -4.07. The van der Waals surface area contributed by atoms with Gasteiger partial charge in [-0.3, -0.25) is 14.8 Å². The lowest BCUT2D eigenvalue weighted by atomic mass is 10.1. The predicted octanol–water partition coefficient (Wildman–Crippen LogP) is 2.55. The first kappa shape index (κ1) is 23.4. The van der Waals surface area contributed by atoms with Crippen molar-refractivity contribution in [3.05, 3.63) is 75.2 Å². The third-order valence-corrected chi connectivity index (χ3v) is 7.64. The highest BCUT2D eigenvalue weighted by Gasteiger charge is 2.20. The molecule has 34 heavy (non-hydrogen) atoms. The predicted molar refractivity (Wildman–Crippen MR) is 130 cm³/mol. The molecule has 0 saturated carbocycles. The summed E-state index contributed by atoms with van der Waals surface area (Å²) >= 11 is 6.56. The van der Waals surface area contributed by atoms with E-state index in [4.69, 9.17) is 17.0 Å². The van der Waals surface area contributed by atoms with Gasteiger partial charge in [-0.05, 0) is 36.4 Å². The Hall–Kier alpha value is -3.81. The maximum absolute atomic E-state index is 12.9. The third-order valence-electron chi connectivity index (χ3n) is 4.59. The van der Waals surface area contributed by atoms with Crippen LogP contribution in [0.1, 0.15) is 5.56 Å². The van der Waals surface area contributed by atoms with Gasteiger partial charge in [-0.1, -0.05) is 17.7 Å². The number of fused-ring (bicyclic) bond motifs is 1. The molecule has 0 saturated heterocycles. The van der Waals surface area contributed by atoms with Crippen LogP contribution in [-0.4, -0.2) is 41.9 Å². The van der Waals surface area contributed by atoms with Crippen molar-refractivity contribution < 1.29 is 13.2 Å². The van der Waals surface area contributed by atoms with E-state index in [0.29, 0.717) is 16.5 Å². The Kier molecular flexibility index (Phi) is 6.32. The van der Waals surface area contributed by atoms with Crippen molar-refractivity contribution in [2.75, 3.05) is 12.4 Å². The van der Waals surface area contributed by atoms with Crippen molar-refractivity contribution in [2.45, 2.75) is 4.21 Å². The molecular weight excluding hydrogens is 502 g/mol. The number of anilines is 1. The quantitative estimate of drug-likeness (QED) is 0.234. The molecule has 174 valence electrons. The summed E-state index contributed by atoms with van der Waals surface area (Å²) in [5.74, 6) is 0.451. The largest absolute Gasteiger partial charge is 0.373 e. The molecule has 2 amide bonds. The Morgan fingerprint density at radius 1 is 1.15 bits per heavy atom. The van der Waals surface area contributed by atoms with Gasteiger partial charge in [0.05, 0.1) is 27.1 Å². The smallest absolute Gasteiger partial charge is 0.333 e. The lowest BCUT2D eigenvalue weighted by molar-refractivity contribution is 0.256. The summed E-state index contributed by atoms with van der Waals surface area (Å²) in [6.07, 6.45) is 2.59. The van der Waals surface area contributed by atoms with Crippen LogP contribution in [0.5, 0.6) is 0 Å². The van der Waals surface area contributed by atoms with Gasteiger partial charge < -0.3 is 10.6 Å². The number of carbonyl (C=O) groups excluding carboxylic acids is 1. The summed E-state index contributed by atoms with van der Waals surface area (Å²) in [6.45, 7) is 0. The van der Waals surface area contributed by atoms with E-state index in [1.807, 2.05) is 4.72 Å². The fourth-order valence-corrected chi connectivity index (χ4v) is 5.35. The van der Waals surface area contributed by atoms with Gasteiger partial charge in [0, 0.05) is 12.6 Å². The highest BCUT2D eigenvalue weighted by Crippen LogP contribution is 2.25. The first-order valence-corrected chi connectivity index (χ1v) is 12.2. The van der Waals surface area contributed by atoms with E-state index >= 15 is 0 Å². The molecule has 14 heteroatoms. The molecule has 3 heterocycles. The Labute approximate surface area is 202 Å². The van der Waals surface area contributed by atoms with Crippen LogP contribution in [0.25, 0.3) is 16.7 Å². The van der Waals surface area contributed by atoms with Gasteiger partial charge in [0.25, 0.3) is 15.6 Å². The normalized spacial score (nSPS) is 11.2. The summed E-state index contributed by atoms with van der Waals surface area (Å²) in [5.41, 5.74) is 0.870. The fraction of sp³-hybridized carbons (Fsp3) is 0.0500. The first-order chi connectivity index (χ1) is 16.2. The van der Waals surface area contributed by atoms with E-state index in [-0.39, 0.29) is 31.4 Å². The highest BCUT2D eigenvalue weighted by molar-refractivity contribution is 7.92. The molecule has 0 aliphatic rings. The molecule has 0 spiro atoms. The average Bonchev–Trinajstić information content (AvgIpc) is 3.26. The second kappa shape index (κ2) is 9.21. The molecule has 1 aromatic carbocycles. The Balaban J connectivity index is 1.52. The molecule has 3 aromatic heterocycles. The standard InChI is InChI=1S/C20H16ClN7O4S2/c1-23-18(22)11-2-4-13-14(8-11)25-10-28(19(13)29)16-6-3-12(9-24-16)26-20(30)27-34(31,32)17-7-5-15(21)33-17/h2-10H,1H3,(H2,22,23)(H2,26,27,30).